The van der Waals surface area contributed by atoms with Gasteiger partial charge in [0.05, 0.1) is 6.54 Å². The minimum atomic E-state index is -0.116. The van der Waals surface area contributed by atoms with Gasteiger partial charge in [-0.1, -0.05) is 0 Å². The van der Waals surface area contributed by atoms with Crippen molar-refractivity contribution < 1.29 is 9.59 Å². The average Bonchev–Trinajstić information content (AvgIpc) is 2.12. The van der Waals surface area contributed by atoms with E-state index in [1.54, 1.807) is 0 Å². The lowest BCUT2D eigenvalue weighted by Crippen LogP contribution is -2.49. The van der Waals surface area contributed by atoms with Crippen molar-refractivity contribution in [1.82, 2.24) is 10.2 Å². The Hall–Kier alpha value is -1.10. The molecule has 80 valence electrons. The number of piperidine rings is 1. The molecule has 5 nitrogen and oxygen atoms in total. The number of hydrogen-bond donors (Lipinski definition) is 2. The fraction of sp³-hybridized carbons (Fsp3) is 0.778. The zero-order valence-electron chi connectivity index (χ0n) is 8.45. The van der Waals surface area contributed by atoms with Crippen LogP contribution in [0.4, 0.5) is 0 Å². The second kappa shape index (κ2) is 4.95. The van der Waals surface area contributed by atoms with Crippen molar-refractivity contribution in [2.45, 2.75) is 25.8 Å². The highest BCUT2D eigenvalue weighted by Gasteiger charge is 2.24. The summed E-state index contributed by atoms with van der Waals surface area (Å²) in [7, 11) is 0. The number of likely N-dealkylation sites (N-methyl/N-ethyl adjacent to an activating group) is 1. The number of carbonyl (C=O) groups is 2. The van der Waals surface area contributed by atoms with Gasteiger partial charge in [-0.3, -0.25) is 9.59 Å². The first kappa shape index (κ1) is 11.0. The normalized spacial score (nSPS) is 22.3. The summed E-state index contributed by atoms with van der Waals surface area (Å²) in [6.45, 7) is 3.07. The Bertz CT molecular complexity index is 230. The molecular formula is C9H17N3O2. The van der Waals surface area contributed by atoms with E-state index in [2.05, 4.69) is 5.32 Å². The van der Waals surface area contributed by atoms with Crippen molar-refractivity contribution >= 4 is 11.8 Å². The predicted octanol–water partition coefficient (Wildman–Crippen LogP) is -0.928. The molecule has 1 heterocycles. The quantitative estimate of drug-likeness (QED) is 0.616. The van der Waals surface area contributed by atoms with Gasteiger partial charge in [0.2, 0.25) is 11.8 Å². The average molecular weight is 199 g/mol. The van der Waals surface area contributed by atoms with Crippen LogP contribution in [0.1, 0.15) is 19.8 Å². The molecule has 1 rings (SSSR count). The van der Waals surface area contributed by atoms with E-state index in [-0.39, 0.29) is 24.4 Å². The van der Waals surface area contributed by atoms with E-state index in [4.69, 9.17) is 5.73 Å². The first-order chi connectivity index (χ1) is 6.63. The summed E-state index contributed by atoms with van der Waals surface area (Å²) < 4.78 is 0. The van der Waals surface area contributed by atoms with E-state index >= 15 is 0 Å². The SMILES string of the molecule is CCNC(=O)CN1CC(N)CCC1=O. The number of hydrogen-bond acceptors (Lipinski definition) is 3. The summed E-state index contributed by atoms with van der Waals surface area (Å²) in [6.07, 6.45) is 1.19. The van der Waals surface area contributed by atoms with Crippen LogP contribution in [0.25, 0.3) is 0 Å². The van der Waals surface area contributed by atoms with Crippen LogP contribution in [0, 0.1) is 0 Å². The molecule has 0 aliphatic carbocycles. The zero-order valence-corrected chi connectivity index (χ0v) is 8.45. The first-order valence-corrected chi connectivity index (χ1v) is 4.93. The van der Waals surface area contributed by atoms with Crippen LogP contribution in [0.5, 0.6) is 0 Å². The first-order valence-electron chi connectivity index (χ1n) is 4.93. The Morgan fingerprint density at radius 3 is 3.07 bits per heavy atom. The summed E-state index contributed by atoms with van der Waals surface area (Å²) in [5, 5.41) is 2.65. The molecule has 1 aliphatic heterocycles. The van der Waals surface area contributed by atoms with Gasteiger partial charge in [0.1, 0.15) is 0 Å². The van der Waals surface area contributed by atoms with Gasteiger partial charge < -0.3 is 16.0 Å². The number of likely N-dealkylation sites (tertiary alicyclic amines) is 1. The Labute approximate surface area is 83.6 Å². The summed E-state index contributed by atoms with van der Waals surface area (Å²) in [6, 6.07) is 0.0159. The lowest BCUT2D eigenvalue weighted by atomic mass is 10.1. The van der Waals surface area contributed by atoms with Crippen LogP contribution in [-0.2, 0) is 9.59 Å². The lowest BCUT2D eigenvalue weighted by molar-refractivity contribution is -0.138. The minimum Gasteiger partial charge on any atom is -0.355 e. The van der Waals surface area contributed by atoms with Gasteiger partial charge >= 0.3 is 0 Å². The summed E-state index contributed by atoms with van der Waals surface area (Å²) in [5.41, 5.74) is 5.71. The molecule has 1 saturated heterocycles. The maximum atomic E-state index is 11.4. The highest BCUT2D eigenvalue weighted by atomic mass is 16.2. The minimum absolute atomic E-state index is 0.0159. The van der Waals surface area contributed by atoms with Crippen LogP contribution >= 0.6 is 0 Å². The third-order valence-corrected chi connectivity index (χ3v) is 2.25. The van der Waals surface area contributed by atoms with E-state index in [9.17, 15) is 9.59 Å². The monoisotopic (exact) mass is 199 g/mol. The number of amides is 2. The molecule has 0 saturated carbocycles. The van der Waals surface area contributed by atoms with Gasteiger partial charge in [0, 0.05) is 25.6 Å². The number of nitrogens with one attached hydrogen (secondary N) is 1. The Balaban J connectivity index is 2.41. The van der Waals surface area contributed by atoms with Crippen LogP contribution in [0.3, 0.4) is 0 Å². The van der Waals surface area contributed by atoms with Crippen molar-refractivity contribution in [3.63, 3.8) is 0 Å². The summed E-state index contributed by atoms with van der Waals surface area (Å²) >= 11 is 0. The fourth-order valence-electron chi connectivity index (χ4n) is 1.52. The fourth-order valence-corrected chi connectivity index (χ4v) is 1.52. The van der Waals surface area contributed by atoms with Gasteiger partial charge in [0.25, 0.3) is 0 Å². The van der Waals surface area contributed by atoms with Crippen LogP contribution in [0.15, 0.2) is 0 Å². The topological polar surface area (TPSA) is 75.4 Å². The summed E-state index contributed by atoms with van der Waals surface area (Å²) in [4.78, 5) is 24.1. The highest BCUT2D eigenvalue weighted by molar-refractivity contribution is 5.85. The molecule has 0 bridgehead atoms. The van der Waals surface area contributed by atoms with Crippen molar-refractivity contribution in [2.75, 3.05) is 19.6 Å². The maximum Gasteiger partial charge on any atom is 0.239 e. The molecule has 14 heavy (non-hydrogen) atoms. The number of nitrogens with zero attached hydrogens (tertiary/aromatic N) is 1. The van der Waals surface area contributed by atoms with E-state index in [0.29, 0.717) is 19.5 Å². The smallest absolute Gasteiger partial charge is 0.239 e. The van der Waals surface area contributed by atoms with Gasteiger partial charge in [-0.05, 0) is 13.3 Å². The zero-order chi connectivity index (χ0) is 10.6. The third-order valence-electron chi connectivity index (χ3n) is 2.25. The molecule has 3 N–H and O–H groups in total. The van der Waals surface area contributed by atoms with Crippen LogP contribution in [0.2, 0.25) is 0 Å². The lowest BCUT2D eigenvalue weighted by Gasteiger charge is -2.29. The number of nitrogens with two attached hydrogens (primary N) is 1. The molecular weight excluding hydrogens is 182 g/mol. The standard InChI is InChI=1S/C9H17N3O2/c1-2-11-8(13)6-12-5-7(10)3-4-9(12)14/h7H,2-6,10H2,1H3,(H,11,13). The molecule has 1 unspecified atom stereocenters. The van der Waals surface area contributed by atoms with E-state index in [1.807, 2.05) is 6.92 Å². The largest absolute Gasteiger partial charge is 0.355 e. The summed E-state index contributed by atoms with van der Waals surface area (Å²) in [5.74, 6) is -0.0899. The molecule has 1 fully saturated rings. The molecule has 5 heteroatoms. The molecule has 0 aromatic rings. The molecule has 0 aromatic carbocycles. The van der Waals surface area contributed by atoms with E-state index in [0.717, 1.165) is 6.42 Å². The Kier molecular flexibility index (Phi) is 3.88. The predicted molar refractivity (Wildman–Crippen MR) is 52.5 cm³/mol. The number of carbonyl (C=O) groups excluding carboxylic acids is 2. The van der Waals surface area contributed by atoms with Gasteiger partial charge in [-0.2, -0.15) is 0 Å². The molecule has 0 aromatic heterocycles. The van der Waals surface area contributed by atoms with Gasteiger partial charge in [-0.15, -0.1) is 0 Å². The van der Waals surface area contributed by atoms with Gasteiger partial charge in [0.15, 0.2) is 0 Å². The van der Waals surface area contributed by atoms with E-state index < -0.39 is 0 Å². The highest BCUT2D eigenvalue weighted by Crippen LogP contribution is 2.08. The molecule has 1 atom stereocenters. The Morgan fingerprint density at radius 1 is 1.71 bits per heavy atom. The third kappa shape index (κ3) is 2.99. The molecule has 1 aliphatic rings. The molecule has 2 amide bonds. The van der Waals surface area contributed by atoms with Crippen molar-refractivity contribution in [3.05, 3.63) is 0 Å². The van der Waals surface area contributed by atoms with Crippen molar-refractivity contribution in [3.8, 4) is 0 Å². The molecule has 0 radical (unpaired) electrons. The molecule has 0 spiro atoms. The number of rotatable bonds is 3. The van der Waals surface area contributed by atoms with Crippen LogP contribution in [-0.4, -0.2) is 42.4 Å². The van der Waals surface area contributed by atoms with Crippen molar-refractivity contribution in [1.29, 1.82) is 0 Å². The second-order valence-electron chi connectivity index (χ2n) is 3.53. The van der Waals surface area contributed by atoms with Crippen molar-refractivity contribution in [2.24, 2.45) is 5.73 Å². The van der Waals surface area contributed by atoms with Gasteiger partial charge in [-0.25, -0.2) is 0 Å². The second-order valence-corrected chi connectivity index (χ2v) is 3.53. The van der Waals surface area contributed by atoms with E-state index in [1.165, 1.54) is 4.90 Å². The Morgan fingerprint density at radius 2 is 2.43 bits per heavy atom. The maximum absolute atomic E-state index is 11.4. The van der Waals surface area contributed by atoms with Crippen LogP contribution < -0.4 is 11.1 Å².